The van der Waals surface area contributed by atoms with E-state index in [9.17, 15) is 9.90 Å². The van der Waals surface area contributed by atoms with E-state index in [1.165, 1.54) is 19.1 Å². The van der Waals surface area contributed by atoms with Crippen molar-refractivity contribution < 1.29 is 24.1 Å². The van der Waals surface area contributed by atoms with Gasteiger partial charge in [-0.2, -0.15) is 0 Å². The fourth-order valence-electron chi connectivity index (χ4n) is 4.79. The normalized spacial score (nSPS) is 36.6. The van der Waals surface area contributed by atoms with Gasteiger partial charge in [-0.15, -0.1) is 0 Å². The number of aliphatic hydroxyl groups excluding tert-OH is 1. The zero-order valence-corrected chi connectivity index (χ0v) is 15.3. The van der Waals surface area contributed by atoms with E-state index in [0.29, 0.717) is 18.3 Å². The van der Waals surface area contributed by atoms with Gasteiger partial charge < -0.3 is 19.3 Å². The first-order valence-corrected chi connectivity index (χ1v) is 9.84. The summed E-state index contributed by atoms with van der Waals surface area (Å²) in [7, 11) is 1.44. The summed E-state index contributed by atoms with van der Waals surface area (Å²) in [5.74, 6) is 1.26. The molecule has 0 bridgehead atoms. The van der Waals surface area contributed by atoms with Gasteiger partial charge in [0.25, 0.3) is 0 Å². The number of unbranched alkanes of at least 4 members (excludes halogenated alkanes) is 1. The highest BCUT2D eigenvalue weighted by molar-refractivity contribution is 5.69. The van der Waals surface area contributed by atoms with Crippen LogP contribution in [0.4, 0.5) is 0 Å². The van der Waals surface area contributed by atoms with Gasteiger partial charge in [-0.05, 0) is 63.2 Å². The van der Waals surface area contributed by atoms with Crippen LogP contribution in [0.25, 0.3) is 0 Å². The van der Waals surface area contributed by atoms with E-state index < -0.39 is 0 Å². The number of carbonyl (C=O) groups is 1. The minimum absolute atomic E-state index is 0.0695. The molecule has 0 spiro atoms. The number of ether oxygens (including phenoxy) is 3. The molecule has 0 aromatic heterocycles. The molecule has 142 valence electrons. The second-order valence-corrected chi connectivity index (χ2v) is 7.72. The Labute approximate surface area is 150 Å². The number of esters is 1. The monoisotopic (exact) mass is 352 g/mol. The highest BCUT2D eigenvalue weighted by Crippen LogP contribution is 2.51. The maximum Gasteiger partial charge on any atom is 0.305 e. The highest BCUT2D eigenvalue weighted by Gasteiger charge is 2.47. The smallest absolute Gasteiger partial charge is 0.305 e. The SMILES string of the molecule is COC(=O)CCCC=C1CC2CC(OC3CCCCO3)C(CO)C2C1. The van der Waals surface area contributed by atoms with E-state index in [0.717, 1.165) is 51.6 Å². The molecule has 2 aliphatic carbocycles. The van der Waals surface area contributed by atoms with Crippen molar-refractivity contribution in [3.8, 4) is 0 Å². The number of hydrogen-bond donors (Lipinski definition) is 1. The number of fused-ring (bicyclic) bond motifs is 1. The molecule has 5 nitrogen and oxygen atoms in total. The summed E-state index contributed by atoms with van der Waals surface area (Å²) in [5, 5.41) is 9.91. The van der Waals surface area contributed by atoms with E-state index in [1.807, 2.05) is 0 Å². The van der Waals surface area contributed by atoms with Crippen LogP contribution < -0.4 is 0 Å². The molecule has 3 fully saturated rings. The van der Waals surface area contributed by atoms with Crippen LogP contribution in [0.2, 0.25) is 0 Å². The summed E-state index contributed by atoms with van der Waals surface area (Å²) >= 11 is 0. The van der Waals surface area contributed by atoms with E-state index >= 15 is 0 Å². The third-order valence-electron chi connectivity index (χ3n) is 6.11. The second-order valence-electron chi connectivity index (χ2n) is 7.72. The van der Waals surface area contributed by atoms with E-state index in [4.69, 9.17) is 9.47 Å². The maximum absolute atomic E-state index is 11.2. The van der Waals surface area contributed by atoms with E-state index in [-0.39, 0.29) is 30.9 Å². The molecule has 0 aromatic carbocycles. The zero-order chi connectivity index (χ0) is 17.6. The van der Waals surface area contributed by atoms with Crippen molar-refractivity contribution in [1.82, 2.24) is 0 Å². The van der Waals surface area contributed by atoms with Crippen LogP contribution in [0.5, 0.6) is 0 Å². The topological polar surface area (TPSA) is 65.0 Å². The average molecular weight is 352 g/mol. The van der Waals surface area contributed by atoms with Crippen molar-refractivity contribution in [2.45, 2.75) is 70.2 Å². The van der Waals surface area contributed by atoms with Crippen LogP contribution in [0.3, 0.4) is 0 Å². The van der Waals surface area contributed by atoms with Gasteiger partial charge >= 0.3 is 5.97 Å². The van der Waals surface area contributed by atoms with Gasteiger partial charge in [0.15, 0.2) is 6.29 Å². The van der Waals surface area contributed by atoms with Crippen molar-refractivity contribution in [2.75, 3.05) is 20.3 Å². The molecule has 0 amide bonds. The minimum Gasteiger partial charge on any atom is -0.469 e. The molecule has 1 heterocycles. The molecule has 0 aromatic rings. The Hall–Kier alpha value is -0.910. The molecule has 5 unspecified atom stereocenters. The summed E-state index contributed by atoms with van der Waals surface area (Å²) in [6.45, 7) is 1.00. The molecular weight excluding hydrogens is 320 g/mol. The lowest BCUT2D eigenvalue weighted by Crippen LogP contribution is -2.32. The van der Waals surface area contributed by atoms with Crippen LogP contribution >= 0.6 is 0 Å². The largest absolute Gasteiger partial charge is 0.469 e. The Balaban J connectivity index is 1.47. The molecule has 5 atom stereocenters. The number of allylic oxidation sites excluding steroid dienone is 2. The maximum atomic E-state index is 11.2. The van der Waals surface area contributed by atoms with Crippen LogP contribution in [-0.4, -0.2) is 43.8 Å². The molecule has 25 heavy (non-hydrogen) atoms. The Morgan fingerprint density at radius 2 is 2.24 bits per heavy atom. The lowest BCUT2D eigenvalue weighted by Gasteiger charge is -2.29. The third-order valence-corrected chi connectivity index (χ3v) is 6.11. The molecule has 5 heteroatoms. The fraction of sp³-hybridized carbons (Fsp3) is 0.850. The molecule has 1 N–H and O–H groups in total. The molecule has 3 aliphatic rings. The lowest BCUT2D eigenvalue weighted by atomic mass is 9.92. The zero-order valence-electron chi connectivity index (χ0n) is 15.3. The second kappa shape index (κ2) is 9.15. The van der Waals surface area contributed by atoms with Crippen molar-refractivity contribution >= 4 is 5.97 Å². The van der Waals surface area contributed by atoms with Gasteiger partial charge in [-0.25, -0.2) is 0 Å². The van der Waals surface area contributed by atoms with Gasteiger partial charge in [0.2, 0.25) is 0 Å². The number of aliphatic hydroxyl groups is 1. The molecule has 0 radical (unpaired) electrons. The average Bonchev–Trinajstić information content (AvgIpc) is 3.16. The molecular formula is C20H32O5. The van der Waals surface area contributed by atoms with Gasteiger partial charge in [-0.3, -0.25) is 4.79 Å². The molecule has 3 rings (SSSR count). The van der Waals surface area contributed by atoms with Crippen molar-refractivity contribution in [2.24, 2.45) is 17.8 Å². The van der Waals surface area contributed by atoms with Gasteiger partial charge in [0.1, 0.15) is 0 Å². The number of hydrogen-bond acceptors (Lipinski definition) is 5. The van der Waals surface area contributed by atoms with E-state index in [2.05, 4.69) is 10.8 Å². The Bertz CT molecular complexity index is 469. The first-order valence-electron chi connectivity index (χ1n) is 9.84. The summed E-state index contributed by atoms with van der Waals surface area (Å²) in [6, 6.07) is 0. The van der Waals surface area contributed by atoms with Crippen molar-refractivity contribution in [1.29, 1.82) is 0 Å². The quantitative estimate of drug-likeness (QED) is 0.433. The van der Waals surface area contributed by atoms with Crippen LogP contribution in [0.1, 0.15) is 57.8 Å². The molecule has 2 saturated carbocycles. The Morgan fingerprint density at radius 1 is 1.36 bits per heavy atom. The summed E-state index contributed by atoms with van der Waals surface area (Å²) in [6.07, 6.45) is 11.1. The number of rotatable bonds is 7. The Kier molecular flexibility index (Phi) is 6.91. The van der Waals surface area contributed by atoms with Crippen LogP contribution in [0.15, 0.2) is 11.6 Å². The van der Waals surface area contributed by atoms with Crippen molar-refractivity contribution in [3.63, 3.8) is 0 Å². The molecule has 1 saturated heterocycles. The Morgan fingerprint density at radius 3 is 2.96 bits per heavy atom. The van der Waals surface area contributed by atoms with E-state index in [1.54, 1.807) is 0 Å². The number of methoxy groups -OCH3 is 1. The highest BCUT2D eigenvalue weighted by atomic mass is 16.7. The summed E-state index contributed by atoms with van der Waals surface area (Å²) in [5.41, 5.74) is 1.49. The van der Waals surface area contributed by atoms with Crippen molar-refractivity contribution in [3.05, 3.63) is 11.6 Å². The lowest BCUT2D eigenvalue weighted by molar-refractivity contribution is -0.198. The predicted octanol–water partition coefficient (Wildman–Crippen LogP) is 3.21. The first-order chi connectivity index (χ1) is 12.2. The van der Waals surface area contributed by atoms with Gasteiger partial charge in [0.05, 0.1) is 13.2 Å². The standard InChI is InChI=1S/C20H32O5/c1-23-19(22)7-3-2-6-14-10-15-12-18(17(13-21)16(15)11-14)25-20-8-4-5-9-24-20/h6,15-18,20-21H,2-5,7-13H2,1H3. The summed E-state index contributed by atoms with van der Waals surface area (Å²) in [4.78, 5) is 11.2. The number of carbonyl (C=O) groups excluding carboxylic acids is 1. The predicted molar refractivity (Wildman–Crippen MR) is 93.8 cm³/mol. The van der Waals surface area contributed by atoms with Crippen LogP contribution in [0, 0.1) is 17.8 Å². The molecule has 1 aliphatic heterocycles. The summed E-state index contributed by atoms with van der Waals surface area (Å²) < 4.78 is 16.6. The fourth-order valence-corrected chi connectivity index (χ4v) is 4.79. The van der Waals surface area contributed by atoms with Gasteiger partial charge in [-0.1, -0.05) is 11.6 Å². The van der Waals surface area contributed by atoms with Gasteiger partial charge in [0, 0.05) is 25.6 Å². The first kappa shape index (κ1) is 18.9. The van der Waals surface area contributed by atoms with Crippen LogP contribution in [-0.2, 0) is 19.0 Å². The minimum atomic E-state index is -0.132. The third kappa shape index (κ3) is 4.83.